The van der Waals surface area contributed by atoms with Gasteiger partial charge in [0, 0.05) is 17.4 Å². The average Bonchev–Trinajstić information content (AvgIpc) is 2.44. The molecule has 1 aromatic carbocycles. The summed E-state index contributed by atoms with van der Waals surface area (Å²) in [6, 6.07) is 6.20. The molecular weight excluding hydrogens is 260 g/mol. The van der Waals surface area contributed by atoms with Gasteiger partial charge < -0.3 is 14.3 Å². The molecule has 2 aromatic rings. The smallest absolute Gasteiger partial charge is 0.336 e. The average molecular weight is 276 g/mol. The van der Waals surface area contributed by atoms with E-state index in [0.717, 1.165) is 0 Å². The first-order valence-corrected chi connectivity index (χ1v) is 6.28. The molecule has 1 atom stereocenters. The van der Waals surface area contributed by atoms with Crippen molar-refractivity contribution in [1.29, 1.82) is 0 Å². The van der Waals surface area contributed by atoms with E-state index >= 15 is 0 Å². The maximum atomic E-state index is 12.0. The van der Waals surface area contributed by atoms with Crippen molar-refractivity contribution in [2.45, 2.75) is 20.0 Å². The van der Waals surface area contributed by atoms with Crippen LogP contribution in [0, 0.1) is 5.92 Å². The third kappa shape index (κ3) is 2.44. The predicted molar refractivity (Wildman–Crippen MR) is 73.8 cm³/mol. The number of methoxy groups -OCH3 is 1. The highest BCUT2D eigenvalue weighted by Crippen LogP contribution is 2.33. The van der Waals surface area contributed by atoms with Gasteiger partial charge in [-0.15, -0.1) is 0 Å². The molecule has 1 N–H and O–H groups in total. The fourth-order valence-corrected chi connectivity index (χ4v) is 2.03. The monoisotopic (exact) mass is 276 g/mol. The van der Waals surface area contributed by atoms with Crippen LogP contribution >= 0.6 is 0 Å². The third-order valence-corrected chi connectivity index (χ3v) is 3.12. The summed E-state index contributed by atoms with van der Waals surface area (Å²) >= 11 is 0. The number of hydrogen-bond acceptors (Lipinski definition) is 5. The van der Waals surface area contributed by atoms with Crippen LogP contribution in [0.25, 0.3) is 11.0 Å². The quantitative estimate of drug-likeness (QED) is 0.865. The van der Waals surface area contributed by atoms with Crippen LogP contribution in [0.4, 0.5) is 0 Å². The number of hydrogen-bond donors (Lipinski definition) is 1. The zero-order chi connectivity index (χ0) is 14.9. The van der Waals surface area contributed by atoms with Crippen LogP contribution in [-0.2, 0) is 4.79 Å². The number of benzene rings is 1. The molecule has 0 fully saturated rings. The van der Waals surface area contributed by atoms with E-state index in [2.05, 4.69) is 0 Å². The maximum Gasteiger partial charge on any atom is 0.336 e. The summed E-state index contributed by atoms with van der Waals surface area (Å²) in [6.45, 7) is 3.39. The second-order valence-corrected chi connectivity index (χ2v) is 4.81. The Hall–Kier alpha value is -2.14. The molecule has 2 rings (SSSR count). The van der Waals surface area contributed by atoms with E-state index in [0.29, 0.717) is 11.1 Å². The Morgan fingerprint density at radius 2 is 1.90 bits per heavy atom. The van der Waals surface area contributed by atoms with Gasteiger partial charge >= 0.3 is 5.63 Å². The molecule has 1 heterocycles. The van der Waals surface area contributed by atoms with Gasteiger partial charge in [-0.3, -0.25) is 4.79 Å². The van der Waals surface area contributed by atoms with Gasteiger partial charge in [0.25, 0.3) is 0 Å². The lowest BCUT2D eigenvalue weighted by Crippen LogP contribution is -2.19. The van der Waals surface area contributed by atoms with Gasteiger partial charge in [0.2, 0.25) is 0 Å². The van der Waals surface area contributed by atoms with E-state index < -0.39 is 11.7 Å². The molecule has 5 nitrogen and oxygen atoms in total. The second kappa shape index (κ2) is 5.46. The lowest BCUT2D eigenvalue weighted by atomic mass is 9.95. The lowest BCUT2D eigenvalue weighted by Gasteiger charge is -2.16. The van der Waals surface area contributed by atoms with Crippen LogP contribution in [0.1, 0.15) is 25.5 Å². The summed E-state index contributed by atoms with van der Waals surface area (Å²) in [5.74, 6) is -0.393. The summed E-state index contributed by atoms with van der Waals surface area (Å²) in [6.07, 6.45) is -1.39. The number of aliphatic hydroxyl groups is 1. The summed E-state index contributed by atoms with van der Waals surface area (Å²) in [5, 5.41) is 10.9. The van der Waals surface area contributed by atoms with Crippen molar-refractivity contribution in [3.8, 4) is 5.75 Å². The molecule has 106 valence electrons. The van der Waals surface area contributed by atoms with Gasteiger partial charge in [0.05, 0.1) is 12.7 Å². The molecule has 0 amide bonds. The largest absolute Gasteiger partial charge is 0.496 e. The lowest BCUT2D eigenvalue weighted by molar-refractivity contribution is -0.130. The second-order valence-electron chi connectivity index (χ2n) is 4.81. The molecule has 20 heavy (non-hydrogen) atoms. The van der Waals surface area contributed by atoms with Gasteiger partial charge in [-0.1, -0.05) is 13.8 Å². The zero-order valence-electron chi connectivity index (χ0n) is 11.5. The fraction of sp³-hybridized carbons (Fsp3) is 0.333. The Bertz CT molecular complexity index is 699. The Morgan fingerprint density at radius 1 is 1.25 bits per heavy atom. The standard InChI is InChI=1S/C15H16O5/c1-8(2)13(17)14(18)12-10(19-3)6-4-9-5-7-11(16)20-15(9)12/h4-8,14,18H,1-3H3/t14-/m1/s1. The number of fused-ring (bicyclic) bond motifs is 1. The zero-order valence-corrected chi connectivity index (χ0v) is 11.5. The summed E-state index contributed by atoms with van der Waals surface area (Å²) in [7, 11) is 1.43. The van der Waals surface area contributed by atoms with Crippen molar-refractivity contribution in [1.82, 2.24) is 0 Å². The minimum atomic E-state index is -1.39. The highest BCUT2D eigenvalue weighted by Gasteiger charge is 2.27. The van der Waals surface area contributed by atoms with Crippen LogP contribution in [0.5, 0.6) is 5.75 Å². The van der Waals surface area contributed by atoms with Crippen molar-refractivity contribution >= 4 is 16.8 Å². The Labute approximate surface area is 115 Å². The molecule has 0 saturated heterocycles. The van der Waals surface area contributed by atoms with Gasteiger partial charge in [-0.05, 0) is 18.2 Å². The molecule has 0 radical (unpaired) electrons. The van der Waals surface area contributed by atoms with E-state index in [1.54, 1.807) is 32.0 Å². The minimum Gasteiger partial charge on any atom is -0.496 e. The highest BCUT2D eigenvalue weighted by molar-refractivity contribution is 5.92. The molecule has 0 unspecified atom stereocenters. The van der Waals surface area contributed by atoms with Crippen LogP contribution in [0.2, 0.25) is 0 Å². The Morgan fingerprint density at radius 3 is 2.50 bits per heavy atom. The van der Waals surface area contributed by atoms with Gasteiger partial charge in [0.15, 0.2) is 5.78 Å². The van der Waals surface area contributed by atoms with Crippen LogP contribution in [-0.4, -0.2) is 18.0 Å². The van der Waals surface area contributed by atoms with Crippen LogP contribution < -0.4 is 10.4 Å². The predicted octanol–water partition coefficient (Wildman–Crippen LogP) is 2.06. The molecule has 0 aliphatic rings. The van der Waals surface area contributed by atoms with Crippen molar-refractivity contribution in [3.63, 3.8) is 0 Å². The third-order valence-electron chi connectivity index (χ3n) is 3.12. The van der Waals surface area contributed by atoms with E-state index in [1.165, 1.54) is 13.2 Å². The molecule has 1 aromatic heterocycles. The highest BCUT2D eigenvalue weighted by atomic mass is 16.5. The minimum absolute atomic E-state index is 0.179. The van der Waals surface area contributed by atoms with Crippen molar-refractivity contribution in [3.05, 3.63) is 40.2 Å². The summed E-state index contributed by atoms with van der Waals surface area (Å²) < 4.78 is 10.3. The molecule has 0 aliphatic heterocycles. The van der Waals surface area contributed by atoms with E-state index in [4.69, 9.17) is 9.15 Å². The van der Waals surface area contributed by atoms with Crippen molar-refractivity contribution in [2.75, 3.05) is 7.11 Å². The number of aliphatic hydroxyl groups excluding tert-OH is 1. The van der Waals surface area contributed by atoms with Gasteiger partial charge in [-0.25, -0.2) is 4.79 Å². The topological polar surface area (TPSA) is 76.7 Å². The van der Waals surface area contributed by atoms with Gasteiger partial charge in [-0.2, -0.15) is 0 Å². The molecule has 0 bridgehead atoms. The Balaban J connectivity index is 2.73. The number of carbonyl (C=O) groups excluding carboxylic acids is 1. The normalized spacial score (nSPS) is 12.7. The molecule has 5 heteroatoms. The maximum absolute atomic E-state index is 12.0. The number of rotatable bonds is 4. The first-order valence-electron chi connectivity index (χ1n) is 6.28. The first-order chi connectivity index (χ1) is 9.45. The molecule has 0 spiro atoms. The van der Waals surface area contributed by atoms with E-state index in [-0.39, 0.29) is 22.8 Å². The fourth-order valence-electron chi connectivity index (χ4n) is 2.03. The van der Waals surface area contributed by atoms with E-state index in [9.17, 15) is 14.7 Å². The first kappa shape index (κ1) is 14.3. The van der Waals surface area contributed by atoms with Crippen LogP contribution in [0.15, 0.2) is 33.5 Å². The number of ether oxygens (including phenoxy) is 1. The van der Waals surface area contributed by atoms with Gasteiger partial charge in [0.1, 0.15) is 17.4 Å². The number of carbonyl (C=O) groups is 1. The molecular formula is C15H16O5. The van der Waals surface area contributed by atoms with E-state index in [1.807, 2.05) is 0 Å². The van der Waals surface area contributed by atoms with Crippen molar-refractivity contribution in [2.24, 2.45) is 5.92 Å². The SMILES string of the molecule is COc1ccc2ccc(=O)oc2c1[C@@H](O)C(=O)C(C)C. The molecule has 0 aliphatic carbocycles. The van der Waals surface area contributed by atoms with Crippen LogP contribution in [0.3, 0.4) is 0 Å². The molecule has 0 saturated carbocycles. The summed E-state index contributed by atoms with van der Waals surface area (Å²) in [4.78, 5) is 23.4. The van der Waals surface area contributed by atoms with Crippen molar-refractivity contribution < 1.29 is 19.1 Å². The summed E-state index contributed by atoms with van der Waals surface area (Å²) in [5.41, 5.74) is -0.170. The number of Topliss-reactive ketones (excluding diaryl/α,β-unsaturated/α-hetero) is 1. The number of ketones is 1. The Kier molecular flexibility index (Phi) is 3.90.